The molecule has 4 nitrogen and oxygen atoms in total. The molecule has 0 saturated carbocycles. The van der Waals surface area contributed by atoms with Gasteiger partial charge in [0.15, 0.2) is 0 Å². The Labute approximate surface area is 184 Å². The normalized spacial score (nSPS) is 14.8. The van der Waals surface area contributed by atoms with E-state index in [1.807, 2.05) is 24.3 Å². The van der Waals surface area contributed by atoms with Crippen molar-refractivity contribution in [2.75, 3.05) is 20.2 Å². The van der Waals surface area contributed by atoms with E-state index in [9.17, 15) is 5.26 Å². The highest BCUT2D eigenvalue weighted by atomic mass is 16.5. The zero-order valence-electron chi connectivity index (χ0n) is 18.0. The molecule has 1 saturated heterocycles. The number of benzene rings is 3. The second-order valence-corrected chi connectivity index (χ2v) is 8.02. The quantitative estimate of drug-likeness (QED) is 0.520. The molecule has 3 aromatic carbocycles. The number of ether oxygens (including phenoxy) is 2. The highest BCUT2D eigenvalue weighted by Crippen LogP contribution is 2.25. The molecule has 0 aromatic heterocycles. The van der Waals surface area contributed by atoms with E-state index in [0.29, 0.717) is 6.61 Å². The zero-order chi connectivity index (χ0) is 21.5. The van der Waals surface area contributed by atoms with Gasteiger partial charge in [0, 0.05) is 26.7 Å². The van der Waals surface area contributed by atoms with Crippen LogP contribution in [0, 0.1) is 11.3 Å². The van der Waals surface area contributed by atoms with Gasteiger partial charge < -0.3 is 9.47 Å². The number of hydrogen-bond acceptors (Lipinski definition) is 4. The molecule has 31 heavy (non-hydrogen) atoms. The number of piperidine rings is 1. The summed E-state index contributed by atoms with van der Waals surface area (Å²) in [6.07, 6.45) is 2.23. The van der Waals surface area contributed by atoms with E-state index < -0.39 is 0 Å². The molecule has 0 atom stereocenters. The van der Waals surface area contributed by atoms with Gasteiger partial charge in [0.2, 0.25) is 0 Å². The van der Waals surface area contributed by atoms with E-state index in [-0.39, 0.29) is 6.10 Å². The predicted octanol–water partition coefficient (Wildman–Crippen LogP) is 5.42. The van der Waals surface area contributed by atoms with Gasteiger partial charge in [0.05, 0.1) is 18.2 Å². The minimum absolute atomic E-state index is 0.238. The molecule has 0 N–H and O–H groups in total. The van der Waals surface area contributed by atoms with Gasteiger partial charge in [-0.25, -0.2) is 0 Å². The minimum atomic E-state index is 0.238. The Morgan fingerprint density at radius 2 is 1.55 bits per heavy atom. The van der Waals surface area contributed by atoms with Crippen molar-refractivity contribution < 1.29 is 9.47 Å². The van der Waals surface area contributed by atoms with Crippen molar-refractivity contribution in [3.63, 3.8) is 0 Å². The second kappa shape index (κ2) is 10.3. The highest BCUT2D eigenvalue weighted by Gasteiger charge is 2.21. The fourth-order valence-corrected chi connectivity index (χ4v) is 4.07. The largest absolute Gasteiger partial charge is 0.490 e. The van der Waals surface area contributed by atoms with Gasteiger partial charge in [-0.1, -0.05) is 54.6 Å². The van der Waals surface area contributed by atoms with Crippen LogP contribution in [0.4, 0.5) is 0 Å². The van der Waals surface area contributed by atoms with Gasteiger partial charge >= 0.3 is 0 Å². The summed E-state index contributed by atoms with van der Waals surface area (Å²) in [5.74, 6) is 0.924. The van der Waals surface area contributed by atoms with Crippen LogP contribution in [0.15, 0.2) is 72.8 Å². The maximum absolute atomic E-state index is 9.29. The molecule has 0 unspecified atom stereocenters. The Hall–Kier alpha value is -3.13. The average Bonchev–Trinajstić information content (AvgIpc) is 2.82. The van der Waals surface area contributed by atoms with Crippen LogP contribution in [0.3, 0.4) is 0 Å². The topological polar surface area (TPSA) is 45.5 Å². The third-order valence-corrected chi connectivity index (χ3v) is 5.82. The SMILES string of the molecule is COCc1ccc(-c2ccc(OC3CCN(Cc4ccccc4C#N)CC3)cc2)cc1. The summed E-state index contributed by atoms with van der Waals surface area (Å²) < 4.78 is 11.4. The summed E-state index contributed by atoms with van der Waals surface area (Å²) in [6, 6.07) is 27.0. The van der Waals surface area contributed by atoms with Crippen LogP contribution in [0.25, 0.3) is 11.1 Å². The van der Waals surface area contributed by atoms with E-state index in [4.69, 9.17) is 9.47 Å². The predicted molar refractivity (Wildman–Crippen MR) is 123 cm³/mol. The van der Waals surface area contributed by atoms with Gasteiger partial charge in [-0.15, -0.1) is 0 Å². The highest BCUT2D eigenvalue weighted by molar-refractivity contribution is 5.64. The molecule has 0 amide bonds. The van der Waals surface area contributed by atoms with Crippen LogP contribution in [0.2, 0.25) is 0 Å². The van der Waals surface area contributed by atoms with Crippen molar-refractivity contribution >= 4 is 0 Å². The smallest absolute Gasteiger partial charge is 0.119 e. The number of nitrogens with zero attached hydrogens (tertiary/aromatic N) is 2. The lowest BCUT2D eigenvalue weighted by Gasteiger charge is -2.32. The number of rotatable bonds is 7. The molecule has 1 fully saturated rings. The fourth-order valence-electron chi connectivity index (χ4n) is 4.07. The first-order valence-corrected chi connectivity index (χ1v) is 10.8. The average molecular weight is 413 g/mol. The Bertz CT molecular complexity index is 1010. The maximum atomic E-state index is 9.29. The van der Waals surface area contributed by atoms with Crippen LogP contribution in [-0.2, 0) is 17.9 Å². The fraction of sp³-hybridized carbons (Fsp3) is 0.296. The molecular formula is C27H28N2O2. The van der Waals surface area contributed by atoms with E-state index >= 15 is 0 Å². The minimum Gasteiger partial charge on any atom is -0.490 e. The molecule has 0 bridgehead atoms. The monoisotopic (exact) mass is 412 g/mol. The maximum Gasteiger partial charge on any atom is 0.119 e. The van der Waals surface area contributed by atoms with Crippen molar-refractivity contribution in [1.29, 1.82) is 5.26 Å². The summed E-state index contributed by atoms with van der Waals surface area (Å²) in [5.41, 5.74) is 5.43. The summed E-state index contributed by atoms with van der Waals surface area (Å²) in [4.78, 5) is 2.41. The molecule has 1 heterocycles. The van der Waals surface area contributed by atoms with Crippen LogP contribution in [0.1, 0.15) is 29.5 Å². The summed E-state index contributed by atoms with van der Waals surface area (Å²) in [6.45, 7) is 3.43. The summed E-state index contributed by atoms with van der Waals surface area (Å²) in [5, 5.41) is 9.29. The van der Waals surface area contributed by atoms with E-state index in [2.05, 4.69) is 59.5 Å². The van der Waals surface area contributed by atoms with Crippen LogP contribution in [0.5, 0.6) is 5.75 Å². The van der Waals surface area contributed by atoms with Gasteiger partial charge in [-0.2, -0.15) is 5.26 Å². The molecule has 0 radical (unpaired) electrons. The van der Waals surface area contributed by atoms with Crippen LogP contribution in [-0.4, -0.2) is 31.2 Å². The lowest BCUT2D eigenvalue weighted by molar-refractivity contribution is 0.0968. The molecule has 3 aromatic rings. The number of likely N-dealkylation sites (tertiary alicyclic amines) is 1. The number of methoxy groups -OCH3 is 1. The van der Waals surface area contributed by atoms with Crippen molar-refractivity contribution in [2.24, 2.45) is 0 Å². The lowest BCUT2D eigenvalue weighted by Crippen LogP contribution is -2.37. The molecule has 0 spiro atoms. The second-order valence-electron chi connectivity index (χ2n) is 8.02. The molecule has 158 valence electrons. The van der Waals surface area contributed by atoms with Crippen molar-refractivity contribution in [3.05, 3.63) is 89.5 Å². The molecule has 0 aliphatic carbocycles. The van der Waals surface area contributed by atoms with E-state index in [1.165, 1.54) is 16.7 Å². The Kier molecular flexibility index (Phi) is 6.99. The van der Waals surface area contributed by atoms with Crippen LogP contribution < -0.4 is 4.74 Å². The number of nitriles is 1. The Morgan fingerprint density at radius 3 is 2.19 bits per heavy atom. The molecular weight excluding hydrogens is 384 g/mol. The van der Waals surface area contributed by atoms with Crippen molar-refractivity contribution in [2.45, 2.75) is 32.1 Å². The number of hydrogen-bond donors (Lipinski definition) is 0. The molecule has 1 aliphatic rings. The molecule has 4 rings (SSSR count). The van der Waals surface area contributed by atoms with Crippen LogP contribution >= 0.6 is 0 Å². The third kappa shape index (κ3) is 5.52. The standard InChI is InChI=1S/C27H28N2O2/c1-30-20-21-6-8-22(9-7-21)23-10-12-26(13-11-23)31-27-14-16-29(17-15-27)19-25-5-3-2-4-24(25)18-28/h2-13,27H,14-17,19-20H2,1H3. The van der Waals surface area contributed by atoms with E-state index in [0.717, 1.165) is 49.4 Å². The van der Waals surface area contributed by atoms with Gasteiger partial charge in [0.25, 0.3) is 0 Å². The summed E-state index contributed by atoms with van der Waals surface area (Å²) in [7, 11) is 1.71. The van der Waals surface area contributed by atoms with Gasteiger partial charge in [-0.3, -0.25) is 4.90 Å². The van der Waals surface area contributed by atoms with Crippen molar-refractivity contribution in [1.82, 2.24) is 4.90 Å². The Morgan fingerprint density at radius 1 is 0.903 bits per heavy atom. The Balaban J connectivity index is 1.29. The first kappa shape index (κ1) is 21.1. The van der Waals surface area contributed by atoms with E-state index in [1.54, 1.807) is 7.11 Å². The molecule has 1 aliphatic heterocycles. The third-order valence-electron chi connectivity index (χ3n) is 5.82. The van der Waals surface area contributed by atoms with Gasteiger partial charge in [0.1, 0.15) is 11.9 Å². The zero-order valence-corrected chi connectivity index (χ0v) is 18.0. The van der Waals surface area contributed by atoms with Gasteiger partial charge in [-0.05, 0) is 53.3 Å². The van der Waals surface area contributed by atoms with Crippen molar-refractivity contribution in [3.8, 4) is 22.9 Å². The summed E-state index contributed by atoms with van der Waals surface area (Å²) >= 11 is 0. The first-order valence-electron chi connectivity index (χ1n) is 10.8. The molecule has 4 heteroatoms. The first-order chi connectivity index (χ1) is 15.2. The lowest BCUT2D eigenvalue weighted by atomic mass is 10.0.